The normalized spacial score (nSPS) is 9.70. The van der Waals surface area contributed by atoms with Gasteiger partial charge in [0.15, 0.2) is 6.61 Å². The Morgan fingerprint density at radius 3 is 2.48 bits per heavy atom. The number of nitriles is 1. The van der Waals surface area contributed by atoms with Gasteiger partial charge < -0.3 is 14.8 Å². The lowest BCUT2D eigenvalue weighted by Gasteiger charge is -2.08. The molecule has 2 rings (SSSR count). The fraction of sp³-hybridized carbons (Fsp3) is 0.222. The molecule has 0 unspecified atom stereocenters. The van der Waals surface area contributed by atoms with E-state index in [1.807, 2.05) is 48.5 Å². The highest BCUT2D eigenvalue weighted by Gasteiger charge is 2.02. The Labute approximate surface area is 135 Å². The Hall–Kier alpha value is -3.00. The molecule has 0 aliphatic carbocycles. The third kappa shape index (κ3) is 6.10. The number of benzene rings is 2. The Bertz CT molecular complexity index is 648. The van der Waals surface area contributed by atoms with Gasteiger partial charge in [-0.1, -0.05) is 42.5 Å². The maximum Gasteiger partial charge on any atom is 0.407 e. The van der Waals surface area contributed by atoms with Gasteiger partial charge in [-0.25, -0.2) is 4.79 Å². The fourth-order valence-corrected chi connectivity index (χ4v) is 1.95. The van der Waals surface area contributed by atoms with E-state index in [0.29, 0.717) is 18.7 Å². The zero-order valence-electron chi connectivity index (χ0n) is 12.7. The van der Waals surface area contributed by atoms with Gasteiger partial charge in [0.25, 0.3) is 0 Å². The molecule has 5 heteroatoms. The van der Waals surface area contributed by atoms with Gasteiger partial charge in [0.05, 0.1) is 0 Å². The molecule has 0 heterocycles. The van der Waals surface area contributed by atoms with Gasteiger partial charge in [-0.05, 0) is 29.7 Å². The van der Waals surface area contributed by atoms with Crippen LogP contribution in [0.2, 0.25) is 0 Å². The third-order valence-electron chi connectivity index (χ3n) is 3.12. The number of hydrogen-bond donors (Lipinski definition) is 1. The summed E-state index contributed by atoms with van der Waals surface area (Å²) in [5, 5.41) is 11.2. The van der Waals surface area contributed by atoms with Crippen molar-refractivity contribution in [3.63, 3.8) is 0 Å². The second-order valence-electron chi connectivity index (χ2n) is 4.83. The number of amides is 1. The Morgan fingerprint density at radius 2 is 1.78 bits per heavy atom. The molecular formula is C18H18N2O3. The largest absolute Gasteiger partial charge is 0.479 e. The molecule has 2 aromatic rings. The van der Waals surface area contributed by atoms with Crippen LogP contribution in [0.4, 0.5) is 4.79 Å². The second-order valence-corrected chi connectivity index (χ2v) is 4.83. The van der Waals surface area contributed by atoms with E-state index in [1.165, 1.54) is 0 Å². The maximum absolute atomic E-state index is 11.6. The van der Waals surface area contributed by atoms with Crippen LogP contribution in [0.3, 0.4) is 0 Å². The molecule has 0 saturated heterocycles. The second kappa shape index (κ2) is 9.11. The molecule has 0 spiro atoms. The summed E-state index contributed by atoms with van der Waals surface area (Å²) < 4.78 is 10.3. The molecule has 0 fully saturated rings. The first kappa shape index (κ1) is 16.4. The van der Waals surface area contributed by atoms with E-state index in [1.54, 1.807) is 12.1 Å². The molecule has 1 N–H and O–H groups in total. The fourth-order valence-electron chi connectivity index (χ4n) is 1.95. The molecule has 1 amide bonds. The van der Waals surface area contributed by atoms with Crippen LogP contribution in [0.15, 0.2) is 54.6 Å². The number of alkyl carbamates (subject to hydrolysis) is 1. The highest BCUT2D eigenvalue weighted by Crippen LogP contribution is 2.12. The van der Waals surface area contributed by atoms with E-state index in [-0.39, 0.29) is 13.2 Å². The summed E-state index contributed by atoms with van der Waals surface area (Å²) >= 11 is 0. The molecule has 5 nitrogen and oxygen atoms in total. The number of hydrogen-bond acceptors (Lipinski definition) is 4. The molecule has 0 atom stereocenters. The average molecular weight is 310 g/mol. The van der Waals surface area contributed by atoms with E-state index in [4.69, 9.17) is 14.7 Å². The van der Waals surface area contributed by atoms with Gasteiger partial charge in [-0.15, -0.1) is 0 Å². The van der Waals surface area contributed by atoms with Gasteiger partial charge in [0.2, 0.25) is 0 Å². The first-order valence-corrected chi connectivity index (χ1v) is 7.31. The summed E-state index contributed by atoms with van der Waals surface area (Å²) in [6.07, 6.45) is 0.265. The highest BCUT2D eigenvalue weighted by atomic mass is 16.5. The monoisotopic (exact) mass is 310 g/mol. The lowest BCUT2D eigenvalue weighted by Crippen LogP contribution is -2.26. The summed E-state index contributed by atoms with van der Waals surface area (Å²) in [7, 11) is 0. The van der Waals surface area contributed by atoms with Crippen molar-refractivity contribution < 1.29 is 14.3 Å². The van der Waals surface area contributed by atoms with Crippen LogP contribution in [-0.2, 0) is 17.8 Å². The molecule has 0 aromatic heterocycles. The van der Waals surface area contributed by atoms with E-state index >= 15 is 0 Å². The molecular weight excluding hydrogens is 292 g/mol. The van der Waals surface area contributed by atoms with Crippen LogP contribution >= 0.6 is 0 Å². The number of ether oxygens (including phenoxy) is 2. The van der Waals surface area contributed by atoms with Gasteiger partial charge in [-0.2, -0.15) is 5.26 Å². The Balaban J connectivity index is 1.66. The predicted octanol–water partition coefficient (Wildman–Crippen LogP) is 3.06. The van der Waals surface area contributed by atoms with Gasteiger partial charge >= 0.3 is 6.09 Å². The van der Waals surface area contributed by atoms with Crippen molar-refractivity contribution >= 4 is 6.09 Å². The molecule has 0 radical (unpaired) electrons. The summed E-state index contributed by atoms with van der Waals surface area (Å²) in [6, 6.07) is 18.9. The lowest BCUT2D eigenvalue weighted by molar-refractivity contribution is 0.140. The first-order valence-electron chi connectivity index (χ1n) is 7.31. The summed E-state index contributed by atoms with van der Waals surface area (Å²) in [5.74, 6) is 0.658. The summed E-state index contributed by atoms with van der Waals surface area (Å²) in [5.41, 5.74) is 2.02. The maximum atomic E-state index is 11.6. The zero-order valence-corrected chi connectivity index (χ0v) is 12.7. The van der Waals surface area contributed by atoms with Crippen molar-refractivity contribution in [3.8, 4) is 11.8 Å². The van der Waals surface area contributed by atoms with Crippen molar-refractivity contribution in [2.24, 2.45) is 0 Å². The Morgan fingerprint density at radius 1 is 1.04 bits per heavy atom. The van der Waals surface area contributed by atoms with Crippen molar-refractivity contribution in [1.29, 1.82) is 5.26 Å². The van der Waals surface area contributed by atoms with Crippen LogP contribution in [0, 0.1) is 11.3 Å². The van der Waals surface area contributed by atoms with Crippen LogP contribution in [0.25, 0.3) is 0 Å². The molecule has 118 valence electrons. The SMILES string of the molecule is N#CCOc1ccc(CCNC(=O)OCc2ccccc2)cc1. The van der Waals surface area contributed by atoms with E-state index in [9.17, 15) is 4.79 Å². The third-order valence-corrected chi connectivity index (χ3v) is 3.12. The van der Waals surface area contributed by atoms with Crippen LogP contribution in [0.5, 0.6) is 5.75 Å². The number of carbonyl (C=O) groups is 1. The topological polar surface area (TPSA) is 71.3 Å². The quantitative estimate of drug-likeness (QED) is 0.853. The smallest absolute Gasteiger partial charge is 0.407 e. The predicted molar refractivity (Wildman–Crippen MR) is 85.9 cm³/mol. The zero-order chi connectivity index (χ0) is 16.3. The van der Waals surface area contributed by atoms with Gasteiger partial charge in [-0.3, -0.25) is 0 Å². The standard InChI is InChI=1S/C18H18N2O3/c19-11-13-22-17-8-6-15(7-9-17)10-12-20-18(21)23-14-16-4-2-1-3-5-16/h1-9H,10,12-14H2,(H,20,21). The number of carbonyl (C=O) groups excluding carboxylic acids is 1. The molecule has 0 saturated carbocycles. The molecule has 0 bridgehead atoms. The van der Waals surface area contributed by atoms with Crippen LogP contribution in [0.1, 0.15) is 11.1 Å². The van der Waals surface area contributed by atoms with Crippen LogP contribution in [-0.4, -0.2) is 19.2 Å². The molecule has 23 heavy (non-hydrogen) atoms. The lowest BCUT2D eigenvalue weighted by atomic mass is 10.1. The van der Waals surface area contributed by atoms with Gasteiger partial charge in [0, 0.05) is 6.54 Å². The van der Waals surface area contributed by atoms with Crippen molar-refractivity contribution in [3.05, 3.63) is 65.7 Å². The van der Waals surface area contributed by atoms with E-state index < -0.39 is 6.09 Å². The summed E-state index contributed by atoms with van der Waals surface area (Å²) in [4.78, 5) is 11.6. The average Bonchev–Trinajstić information content (AvgIpc) is 2.60. The minimum absolute atomic E-state index is 0.0359. The molecule has 0 aliphatic heterocycles. The first-order chi connectivity index (χ1) is 11.3. The van der Waals surface area contributed by atoms with Crippen molar-refractivity contribution in [2.75, 3.05) is 13.2 Å². The van der Waals surface area contributed by atoms with Crippen molar-refractivity contribution in [1.82, 2.24) is 5.32 Å². The van der Waals surface area contributed by atoms with Crippen LogP contribution < -0.4 is 10.1 Å². The Kier molecular flexibility index (Phi) is 6.48. The number of nitrogens with one attached hydrogen (secondary N) is 1. The number of nitrogens with zero attached hydrogens (tertiary/aromatic N) is 1. The van der Waals surface area contributed by atoms with Gasteiger partial charge in [0.1, 0.15) is 18.4 Å². The minimum atomic E-state index is -0.428. The summed E-state index contributed by atoms with van der Waals surface area (Å²) in [6.45, 7) is 0.789. The molecule has 0 aliphatic rings. The number of rotatable bonds is 7. The van der Waals surface area contributed by atoms with E-state index in [2.05, 4.69) is 5.32 Å². The van der Waals surface area contributed by atoms with Crippen molar-refractivity contribution in [2.45, 2.75) is 13.0 Å². The molecule has 2 aromatic carbocycles. The minimum Gasteiger partial charge on any atom is -0.479 e. The highest BCUT2D eigenvalue weighted by molar-refractivity contribution is 5.67. The van der Waals surface area contributed by atoms with E-state index in [0.717, 1.165) is 11.1 Å².